The SMILES string of the molecule is COc1cc(Br)cc(-n2c(=S)[nH]c3cc(I)c(F)cc32)c1. The summed E-state index contributed by atoms with van der Waals surface area (Å²) in [6.45, 7) is 0. The van der Waals surface area contributed by atoms with E-state index in [4.69, 9.17) is 17.0 Å². The summed E-state index contributed by atoms with van der Waals surface area (Å²) in [7, 11) is 1.60. The first kappa shape index (κ1) is 15.0. The molecule has 1 heterocycles. The van der Waals surface area contributed by atoms with Crippen LogP contribution < -0.4 is 4.74 Å². The van der Waals surface area contributed by atoms with Gasteiger partial charge in [0.15, 0.2) is 4.77 Å². The Morgan fingerprint density at radius 1 is 1.29 bits per heavy atom. The normalized spacial score (nSPS) is 11.0. The molecule has 0 fully saturated rings. The molecule has 3 nitrogen and oxygen atoms in total. The zero-order chi connectivity index (χ0) is 15.1. The summed E-state index contributed by atoms with van der Waals surface area (Å²) in [5.74, 6) is 0.425. The fourth-order valence-corrected chi connectivity index (χ4v) is 3.39. The van der Waals surface area contributed by atoms with Crippen LogP contribution in [-0.4, -0.2) is 16.7 Å². The molecule has 0 radical (unpaired) electrons. The minimum absolute atomic E-state index is 0.271. The van der Waals surface area contributed by atoms with Crippen molar-refractivity contribution in [2.75, 3.05) is 7.11 Å². The molecule has 0 saturated carbocycles. The highest BCUT2D eigenvalue weighted by Crippen LogP contribution is 2.28. The molecule has 0 unspecified atom stereocenters. The van der Waals surface area contributed by atoms with E-state index in [9.17, 15) is 4.39 Å². The van der Waals surface area contributed by atoms with Gasteiger partial charge in [-0.25, -0.2) is 4.39 Å². The molecule has 1 aromatic heterocycles. The lowest BCUT2D eigenvalue weighted by atomic mass is 10.2. The third-order valence-electron chi connectivity index (χ3n) is 3.07. The van der Waals surface area contributed by atoms with Gasteiger partial charge >= 0.3 is 0 Å². The molecule has 0 spiro atoms. The summed E-state index contributed by atoms with van der Waals surface area (Å²) in [4.78, 5) is 3.10. The number of hydrogen-bond acceptors (Lipinski definition) is 2. The highest BCUT2D eigenvalue weighted by Gasteiger charge is 2.11. The Morgan fingerprint density at radius 2 is 2.05 bits per heavy atom. The molecule has 0 amide bonds. The van der Waals surface area contributed by atoms with Crippen LogP contribution in [0.1, 0.15) is 0 Å². The zero-order valence-corrected chi connectivity index (χ0v) is 15.3. The molecule has 0 bridgehead atoms. The molecule has 0 atom stereocenters. The lowest BCUT2D eigenvalue weighted by Gasteiger charge is -2.08. The minimum atomic E-state index is -0.271. The van der Waals surface area contributed by atoms with E-state index in [2.05, 4.69) is 20.9 Å². The van der Waals surface area contributed by atoms with Crippen molar-refractivity contribution in [2.45, 2.75) is 0 Å². The summed E-state index contributed by atoms with van der Waals surface area (Å²) in [6.07, 6.45) is 0. The van der Waals surface area contributed by atoms with Crippen LogP contribution in [0.15, 0.2) is 34.8 Å². The van der Waals surface area contributed by atoms with Gasteiger partial charge in [0.25, 0.3) is 0 Å². The van der Waals surface area contributed by atoms with E-state index in [0.717, 1.165) is 15.7 Å². The quantitative estimate of drug-likeness (QED) is 0.405. The van der Waals surface area contributed by atoms with Crippen molar-refractivity contribution in [3.05, 3.63) is 49.0 Å². The van der Waals surface area contributed by atoms with E-state index in [1.54, 1.807) is 17.7 Å². The number of methoxy groups -OCH3 is 1. The van der Waals surface area contributed by atoms with Gasteiger partial charge in [0.05, 0.1) is 27.4 Å². The van der Waals surface area contributed by atoms with Gasteiger partial charge in [0, 0.05) is 16.6 Å². The number of ether oxygens (including phenoxy) is 1. The zero-order valence-electron chi connectivity index (χ0n) is 10.8. The molecular weight excluding hydrogens is 470 g/mol. The average Bonchev–Trinajstić information content (AvgIpc) is 2.74. The Morgan fingerprint density at radius 3 is 2.76 bits per heavy atom. The number of aromatic amines is 1. The fourth-order valence-electron chi connectivity index (χ4n) is 2.15. The number of aromatic nitrogens is 2. The molecule has 108 valence electrons. The summed E-state index contributed by atoms with van der Waals surface area (Å²) >= 11 is 10.8. The summed E-state index contributed by atoms with van der Waals surface area (Å²) in [5.41, 5.74) is 2.29. The van der Waals surface area contributed by atoms with Crippen LogP contribution in [0.25, 0.3) is 16.7 Å². The number of halogens is 3. The largest absolute Gasteiger partial charge is 0.497 e. The number of rotatable bonds is 2. The van der Waals surface area contributed by atoms with E-state index >= 15 is 0 Å². The van der Waals surface area contributed by atoms with E-state index in [1.807, 2.05) is 40.8 Å². The predicted octanol–water partition coefficient (Wildman–Crippen LogP) is 5.20. The van der Waals surface area contributed by atoms with Crippen molar-refractivity contribution in [1.82, 2.24) is 9.55 Å². The third-order valence-corrected chi connectivity index (χ3v) is 4.64. The Hall–Kier alpha value is -0.930. The number of nitrogens with zero attached hydrogens (tertiary/aromatic N) is 1. The van der Waals surface area contributed by atoms with Crippen LogP contribution in [-0.2, 0) is 0 Å². The first-order valence-corrected chi connectivity index (χ1v) is 8.22. The van der Waals surface area contributed by atoms with Crippen LogP contribution >= 0.6 is 50.7 Å². The molecule has 21 heavy (non-hydrogen) atoms. The van der Waals surface area contributed by atoms with Crippen molar-refractivity contribution in [2.24, 2.45) is 0 Å². The standard InChI is InChI=1S/C14H9BrFIN2OS/c1-20-9-3-7(15)2-8(4-9)19-13-5-10(16)11(17)6-12(13)18-14(19)21/h2-6H,1H3,(H,18,21). The molecule has 3 rings (SSSR count). The van der Waals surface area contributed by atoms with Gasteiger partial charge in [-0.15, -0.1) is 0 Å². The fraction of sp³-hybridized carbons (Fsp3) is 0.0714. The van der Waals surface area contributed by atoms with Gasteiger partial charge < -0.3 is 9.72 Å². The monoisotopic (exact) mass is 478 g/mol. The van der Waals surface area contributed by atoms with Gasteiger partial charge in [-0.05, 0) is 53.0 Å². The van der Waals surface area contributed by atoms with Gasteiger partial charge in [-0.2, -0.15) is 0 Å². The van der Waals surface area contributed by atoms with Crippen LogP contribution in [0, 0.1) is 14.2 Å². The van der Waals surface area contributed by atoms with Crippen molar-refractivity contribution in [1.29, 1.82) is 0 Å². The van der Waals surface area contributed by atoms with Crippen molar-refractivity contribution in [3.63, 3.8) is 0 Å². The maximum Gasteiger partial charge on any atom is 0.182 e. The Bertz CT molecular complexity index is 906. The first-order valence-electron chi connectivity index (χ1n) is 5.94. The topological polar surface area (TPSA) is 29.9 Å². The van der Waals surface area contributed by atoms with Gasteiger partial charge in [-0.3, -0.25) is 4.57 Å². The highest BCUT2D eigenvalue weighted by molar-refractivity contribution is 14.1. The number of nitrogens with one attached hydrogen (secondary N) is 1. The van der Waals surface area contributed by atoms with E-state index in [1.165, 1.54) is 6.07 Å². The lowest BCUT2D eigenvalue weighted by molar-refractivity contribution is 0.414. The number of imidazole rings is 1. The second-order valence-corrected chi connectivity index (χ2v) is 6.86. The smallest absolute Gasteiger partial charge is 0.182 e. The molecule has 0 aliphatic rings. The molecule has 0 aliphatic carbocycles. The Labute approximate surface area is 147 Å². The van der Waals surface area contributed by atoms with Crippen molar-refractivity contribution < 1.29 is 9.13 Å². The molecule has 3 aromatic rings. The number of fused-ring (bicyclic) bond motifs is 1. The summed E-state index contributed by atoms with van der Waals surface area (Å²) < 4.78 is 22.8. The Balaban J connectivity index is 2.34. The number of hydrogen-bond donors (Lipinski definition) is 1. The molecular formula is C14H9BrFIN2OS. The summed E-state index contributed by atoms with van der Waals surface area (Å²) in [5, 5.41) is 0. The Kier molecular flexibility index (Phi) is 4.06. The van der Waals surface area contributed by atoms with Crippen LogP contribution in [0.5, 0.6) is 5.75 Å². The van der Waals surface area contributed by atoms with Gasteiger partial charge in [0.1, 0.15) is 11.6 Å². The van der Waals surface area contributed by atoms with E-state index in [0.29, 0.717) is 19.6 Å². The minimum Gasteiger partial charge on any atom is -0.497 e. The molecule has 7 heteroatoms. The van der Waals surface area contributed by atoms with E-state index < -0.39 is 0 Å². The van der Waals surface area contributed by atoms with Crippen LogP contribution in [0.3, 0.4) is 0 Å². The second kappa shape index (κ2) is 5.69. The molecule has 0 aliphatic heterocycles. The van der Waals surface area contributed by atoms with Gasteiger partial charge in [-0.1, -0.05) is 15.9 Å². The molecule has 0 saturated heterocycles. The van der Waals surface area contributed by atoms with Crippen molar-refractivity contribution >= 4 is 61.8 Å². The van der Waals surface area contributed by atoms with Crippen LogP contribution in [0.2, 0.25) is 0 Å². The van der Waals surface area contributed by atoms with Crippen LogP contribution in [0.4, 0.5) is 4.39 Å². The lowest BCUT2D eigenvalue weighted by Crippen LogP contribution is -1.96. The van der Waals surface area contributed by atoms with Gasteiger partial charge in [0.2, 0.25) is 0 Å². The maximum absolute atomic E-state index is 13.9. The number of benzene rings is 2. The molecule has 2 aromatic carbocycles. The molecule has 1 N–H and O–H groups in total. The highest BCUT2D eigenvalue weighted by atomic mass is 127. The second-order valence-electron chi connectivity index (χ2n) is 4.40. The maximum atomic E-state index is 13.9. The first-order chi connectivity index (χ1) is 9.99. The third kappa shape index (κ3) is 2.74. The number of H-pyrrole nitrogens is 1. The van der Waals surface area contributed by atoms with Crippen molar-refractivity contribution in [3.8, 4) is 11.4 Å². The summed E-state index contributed by atoms with van der Waals surface area (Å²) in [6, 6.07) is 8.83. The van der Waals surface area contributed by atoms with E-state index in [-0.39, 0.29) is 5.82 Å². The average molecular weight is 479 g/mol. The predicted molar refractivity (Wildman–Crippen MR) is 95.4 cm³/mol.